The molecule has 0 fully saturated rings. The highest BCUT2D eigenvalue weighted by atomic mass is 16.1. The van der Waals surface area contributed by atoms with Crippen LogP contribution in [-0.2, 0) is 25.9 Å². The predicted molar refractivity (Wildman–Crippen MR) is 95.1 cm³/mol. The molecule has 1 aliphatic carbocycles. The van der Waals surface area contributed by atoms with Crippen molar-refractivity contribution < 1.29 is 4.79 Å². The first-order valence-corrected chi connectivity index (χ1v) is 8.72. The molecule has 2 N–H and O–H groups in total. The molecule has 3 rings (SSSR count). The van der Waals surface area contributed by atoms with Gasteiger partial charge in [-0.3, -0.25) is 9.48 Å². The molecule has 1 unspecified atom stereocenters. The summed E-state index contributed by atoms with van der Waals surface area (Å²) in [6.07, 6.45) is 2.92. The van der Waals surface area contributed by atoms with E-state index in [2.05, 4.69) is 53.8 Å². The largest absolute Gasteiger partial charge is 0.354 e. The number of hydrogen-bond donors (Lipinski definition) is 2. The van der Waals surface area contributed by atoms with Crippen LogP contribution in [0.5, 0.6) is 0 Å². The lowest BCUT2D eigenvalue weighted by Gasteiger charge is -2.24. The monoisotopic (exact) mass is 326 g/mol. The predicted octanol–water partition coefficient (Wildman–Crippen LogP) is 2.22. The fraction of sp³-hybridized carbons (Fsp3) is 0.474. The Kier molecular flexibility index (Phi) is 5.00. The summed E-state index contributed by atoms with van der Waals surface area (Å²) in [6.45, 7) is 5.84. The van der Waals surface area contributed by atoms with Crippen LogP contribution in [0.25, 0.3) is 0 Å². The lowest BCUT2D eigenvalue weighted by molar-refractivity contribution is 0.0956. The van der Waals surface area contributed by atoms with E-state index in [1.54, 1.807) is 7.05 Å². The summed E-state index contributed by atoms with van der Waals surface area (Å²) in [5, 5.41) is 10.9. The van der Waals surface area contributed by atoms with Crippen LogP contribution in [0.2, 0.25) is 0 Å². The Morgan fingerprint density at radius 1 is 1.33 bits per heavy atom. The Morgan fingerprint density at radius 3 is 2.75 bits per heavy atom. The number of carbonyl (C=O) groups is 1. The van der Waals surface area contributed by atoms with Gasteiger partial charge in [-0.05, 0) is 38.7 Å². The van der Waals surface area contributed by atoms with Gasteiger partial charge in [-0.1, -0.05) is 29.8 Å². The van der Waals surface area contributed by atoms with Crippen molar-refractivity contribution in [2.75, 3.05) is 7.05 Å². The molecule has 2 aromatic rings. The summed E-state index contributed by atoms with van der Waals surface area (Å²) in [5.74, 6) is -0.0855. The number of rotatable bonds is 5. The number of aryl methyl sites for hydroxylation is 2. The maximum Gasteiger partial charge on any atom is 0.271 e. The fourth-order valence-corrected chi connectivity index (χ4v) is 3.39. The van der Waals surface area contributed by atoms with E-state index in [-0.39, 0.29) is 5.91 Å². The van der Waals surface area contributed by atoms with Crippen molar-refractivity contribution >= 4 is 5.91 Å². The lowest BCUT2D eigenvalue weighted by Crippen LogP contribution is -2.35. The SMILES string of the molecule is CCn1nc(C(=O)NC)c2c1CCC(NCc1ccc(C)cc1)C2. The zero-order valence-electron chi connectivity index (χ0n) is 14.7. The fourth-order valence-electron chi connectivity index (χ4n) is 3.39. The van der Waals surface area contributed by atoms with Crippen LogP contribution in [-0.4, -0.2) is 28.8 Å². The van der Waals surface area contributed by atoms with Crippen molar-refractivity contribution in [2.45, 2.75) is 52.2 Å². The van der Waals surface area contributed by atoms with Crippen molar-refractivity contribution in [3.05, 3.63) is 52.3 Å². The third-order valence-electron chi connectivity index (χ3n) is 4.80. The molecular formula is C19H26N4O. The van der Waals surface area contributed by atoms with E-state index in [1.165, 1.54) is 16.8 Å². The lowest BCUT2D eigenvalue weighted by atomic mass is 9.91. The maximum absolute atomic E-state index is 12.1. The van der Waals surface area contributed by atoms with Gasteiger partial charge in [0.2, 0.25) is 0 Å². The number of nitrogens with zero attached hydrogens (tertiary/aromatic N) is 2. The molecule has 5 nitrogen and oxygen atoms in total. The first-order chi connectivity index (χ1) is 11.6. The highest BCUT2D eigenvalue weighted by molar-refractivity contribution is 5.93. The summed E-state index contributed by atoms with van der Waals surface area (Å²) in [4.78, 5) is 12.1. The minimum absolute atomic E-state index is 0.0855. The minimum atomic E-state index is -0.0855. The molecule has 0 aliphatic heterocycles. The summed E-state index contributed by atoms with van der Waals surface area (Å²) < 4.78 is 1.98. The number of carbonyl (C=O) groups excluding carboxylic acids is 1. The molecule has 1 atom stereocenters. The third kappa shape index (κ3) is 3.36. The van der Waals surface area contributed by atoms with E-state index in [0.29, 0.717) is 11.7 Å². The van der Waals surface area contributed by atoms with Crippen LogP contribution in [0.3, 0.4) is 0 Å². The molecule has 1 heterocycles. The Morgan fingerprint density at radius 2 is 2.08 bits per heavy atom. The molecule has 24 heavy (non-hydrogen) atoms. The Bertz CT molecular complexity index is 718. The molecule has 0 saturated carbocycles. The number of amides is 1. The molecule has 128 valence electrons. The highest BCUT2D eigenvalue weighted by Crippen LogP contribution is 2.25. The van der Waals surface area contributed by atoms with Gasteiger partial charge < -0.3 is 10.6 Å². The van der Waals surface area contributed by atoms with Gasteiger partial charge >= 0.3 is 0 Å². The van der Waals surface area contributed by atoms with Gasteiger partial charge in [0.1, 0.15) is 0 Å². The number of hydrogen-bond acceptors (Lipinski definition) is 3. The summed E-state index contributed by atoms with van der Waals surface area (Å²) in [6, 6.07) is 9.01. The van der Waals surface area contributed by atoms with Crippen LogP contribution < -0.4 is 10.6 Å². The molecule has 0 spiro atoms. The average Bonchev–Trinajstić information content (AvgIpc) is 2.98. The molecule has 0 radical (unpaired) electrons. The number of fused-ring (bicyclic) bond motifs is 1. The second-order valence-corrected chi connectivity index (χ2v) is 6.47. The Balaban J connectivity index is 1.72. The van der Waals surface area contributed by atoms with E-state index in [0.717, 1.165) is 37.9 Å². The molecule has 0 bridgehead atoms. The Hall–Kier alpha value is -2.14. The first-order valence-electron chi connectivity index (χ1n) is 8.72. The summed E-state index contributed by atoms with van der Waals surface area (Å²) in [7, 11) is 1.66. The van der Waals surface area contributed by atoms with Crippen molar-refractivity contribution in [3.63, 3.8) is 0 Å². The standard InChI is InChI=1S/C19H26N4O/c1-4-23-17-10-9-15(11-16(17)18(22-23)19(24)20-3)21-12-14-7-5-13(2)6-8-14/h5-8,15,21H,4,9-12H2,1-3H3,(H,20,24). The van der Waals surface area contributed by atoms with Crippen LogP contribution in [0.15, 0.2) is 24.3 Å². The van der Waals surface area contributed by atoms with Crippen LogP contribution in [0.1, 0.15) is 46.2 Å². The topological polar surface area (TPSA) is 59.0 Å². The molecule has 1 aliphatic rings. The zero-order valence-corrected chi connectivity index (χ0v) is 14.7. The van der Waals surface area contributed by atoms with Gasteiger partial charge in [0.05, 0.1) is 0 Å². The molecular weight excluding hydrogens is 300 g/mol. The van der Waals surface area contributed by atoms with Crippen LogP contribution in [0.4, 0.5) is 0 Å². The van der Waals surface area contributed by atoms with E-state index >= 15 is 0 Å². The van der Waals surface area contributed by atoms with Crippen molar-refractivity contribution in [1.29, 1.82) is 0 Å². The van der Waals surface area contributed by atoms with E-state index in [4.69, 9.17) is 0 Å². The van der Waals surface area contributed by atoms with Crippen molar-refractivity contribution in [3.8, 4) is 0 Å². The maximum atomic E-state index is 12.1. The average molecular weight is 326 g/mol. The normalized spacial score (nSPS) is 16.7. The van der Waals surface area contributed by atoms with E-state index < -0.39 is 0 Å². The van der Waals surface area contributed by atoms with Gasteiger partial charge in [-0.15, -0.1) is 0 Å². The van der Waals surface area contributed by atoms with Crippen LogP contribution in [0, 0.1) is 6.92 Å². The Labute approximate surface area is 143 Å². The van der Waals surface area contributed by atoms with E-state index in [9.17, 15) is 4.79 Å². The molecule has 1 amide bonds. The molecule has 1 aromatic heterocycles. The second-order valence-electron chi connectivity index (χ2n) is 6.47. The quantitative estimate of drug-likeness (QED) is 0.886. The number of benzene rings is 1. The van der Waals surface area contributed by atoms with Gasteiger partial charge in [0.15, 0.2) is 5.69 Å². The minimum Gasteiger partial charge on any atom is -0.354 e. The smallest absolute Gasteiger partial charge is 0.271 e. The zero-order chi connectivity index (χ0) is 17.1. The highest BCUT2D eigenvalue weighted by Gasteiger charge is 2.28. The summed E-state index contributed by atoms with van der Waals surface area (Å²) >= 11 is 0. The number of nitrogens with one attached hydrogen (secondary N) is 2. The molecule has 1 aromatic carbocycles. The summed E-state index contributed by atoms with van der Waals surface area (Å²) in [5.41, 5.74) is 5.51. The van der Waals surface area contributed by atoms with Crippen LogP contribution >= 0.6 is 0 Å². The number of aromatic nitrogens is 2. The van der Waals surface area contributed by atoms with Crippen molar-refractivity contribution in [2.24, 2.45) is 0 Å². The second kappa shape index (κ2) is 7.18. The van der Waals surface area contributed by atoms with Gasteiger partial charge in [-0.2, -0.15) is 5.10 Å². The molecule has 0 saturated heterocycles. The van der Waals surface area contributed by atoms with Gasteiger partial charge in [-0.25, -0.2) is 0 Å². The third-order valence-corrected chi connectivity index (χ3v) is 4.80. The van der Waals surface area contributed by atoms with E-state index in [1.807, 2.05) is 4.68 Å². The van der Waals surface area contributed by atoms with Gasteiger partial charge in [0, 0.05) is 37.4 Å². The first kappa shape index (κ1) is 16.7. The van der Waals surface area contributed by atoms with Gasteiger partial charge in [0.25, 0.3) is 5.91 Å². The molecule has 5 heteroatoms. The van der Waals surface area contributed by atoms with Crippen molar-refractivity contribution in [1.82, 2.24) is 20.4 Å².